The van der Waals surface area contributed by atoms with Gasteiger partial charge < -0.3 is 25.1 Å². The Labute approximate surface area is 112 Å². The largest absolute Gasteiger partial charge is 0.481 e. The van der Waals surface area contributed by atoms with Gasteiger partial charge in [0.05, 0.1) is 19.6 Å². The second-order valence-corrected chi connectivity index (χ2v) is 3.53. The standard InChI is InChI=1S/C9H14N2O9/c12-7(13)5-6(8(14)15)10-9(16)19-3-1-2-4-20-11(17)18/h6H,1-5H2,(H,10,16)(H,12,13)(H,14,15). The number of alkyl carbamates (subject to hydrolysis) is 1. The van der Waals surface area contributed by atoms with Gasteiger partial charge in [0.25, 0.3) is 5.09 Å². The lowest BCUT2D eigenvalue weighted by Gasteiger charge is -2.12. The summed E-state index contributed by atoms with van der Waals surface area (Å²) in [6, 6.07) is -1.59. The molecule has 1 unspecified atom stereocenters. The zero-order valence-electron chi connectivity index (χ0n) is 10.3. The molecule has 0 saturated heterocycles. The lowest BCUT2D eigenvalue weighted by molar-refractivity contribution is -0.757. The molecule has 0 aromatic rings. The Kier molecular flexibility index (Phi) is 8.14. The Morgan fingerprint density at radius 3 is 2.30 bits per heavy atom. The van der Waals surface area contributed by atoms with Crippen LogP contribution < -0.4 is 5.32 Å². The Morgan fingerprint density at radius 1 is 1.20 bits per heavy atom. The number of carboxylic acid groups (broad SMARTS) is 2. The fraction of sp³-hybridized carbons (Fsp3) is 0.667. The van der Waals surface area contributed by atoms with E-state index >= 15 is 0 Å². The number of carboxylic acids is 2. The van der Waals surface area contributed by atoms with Crippen molar-refractivity contribution >= 4 is 18.0 Å². The van der Waals surface area contributed by atoms with Gasteiger partial charge in [0, 0.05) is 0 Å². The van der Waals surface area contributed by atoms with E-state index in [1.807, 2.05) is 5.32 Å². The van der Waals surface area contributed by atoms with Gasteiger partial charge in [-0.05, 0) is 12.8 Å². The van der Waals surface area contributed by atoms with Gasteiger partial charge in [0.15, 0.2) is 0 Å². The quantitative estimate of drug-likeness (QED) is 0.276. The summed E-state index contributed by atoms with van der Waals surface area (Å²) in [6.07, 6.45) is -1.31. The second kappa shape index (κ2) is 9.35. The number of rotatable bonds is 10. The average molecular weight is 294 g/mol. The number of amides is 1. The van der Waals surface area contributed by atoms with Gasteiger partial charge in [0.2, 0.25) is 0 Å². The smallest absolute Gasteiger partial charge is 0.407 e. The first kappa shape index (κ1) is 17.4. The number of nitrogens with zero attached hydrogens (tertiary/aromatic N) is 1. The van der Waals surface area contributed by atoms with E-state index in [0.717, 1.165) is 0 Å². The van der Waals surface area contributed by atoms with Crippen LogP contribution in [-0.4, -0.2) is 52.6 Å². The molecule has 0 aromatic heterocycles. The van der Waals surface area contributed by atoms with Crippen LogP contribution in [0.15, 0.2) is 0 Å². The van der Waals surface area contributed by atoms with E-state index in [9.17, 15) is 24.5 Å². The molecular weight excluding hydrogens is 280 g/mol. The lowest BCUT2D eigenvalue weighted by atomic mass is 10.2. The number of hydrogen-bond acceptors (Lipinski definition) is 7. The topological polar surface area (TPSA) is 165 Å². The minimum Gasteiger partial charge on any atom is -0.481 e. The third-order valence-electron chi connectivity index (χ3n) is 1.94. The van der Waals surface area contributed by atoms with Crippen molar-refractivity contribution in [2.24, 2.45) is 0 Å². The van der Waals surface area contributed by atoms with Crippen LogP contribution in [0, 0.1) is 10.1 Å². The molecule has 0 aromatic carbocycles. The molecule has 0 saturated carbocycles. The monoisotopic (exact) mass is 294 g/mol. The summed E-state index contributed by atoms with van der Waals surface area (Å²) in [4.78, 5) is 46.0. The maximum atomic E-state index is 11.2. The Balaban J connectivity index is 3.82. The zero-order chi connectivity index (χ0) is 15.5. The average Bonchev–Trinajstić information content (AvgIpc) is 2.31. The van der Waals surface area contributed by atoms with Crippen LogP contribution in [0.25, 0.3) is 0 Å². The number of carbonyl (C=O) groups excluding carboxylic acids is 1. The fourth-order valence-corrected chi connectivity index (χ4v) is 1.07. The molecule has 11 nitrogen and oxygen atoms in total. The number of carbonyl (C=O) groups is 3. The predicted molar refractivity (Wildman–Crippen MR) is 60.3 cm³/mol. The summed E-state index contributed by atoms with van der Waals surface area (Å²) < 4.78 is 4.58. The van der Waals surface area contributed by atoms with Crippen molar-refractivity contribution in [3.05, 3.63) is 10.1 Å². The lowest BCUT2D eigenvalue weighted by Crippen LogP contribution is -2.42. The number of hydrogen-bond donors (Lipinski definition) is 3. The van der Waals surface area contributed by atoms with Gasteiger partial charge in [-0.1, -0.05) is 0 Å². The zero-order valence-corrected chi connectivity index (χ0v) is 10.3. The Morgan fingerprint density at radius 2 is 1.80 bits per heavy atom. The van der Waals surface area contributed by atoms with Gasteiger partial charge in [-0.15, -0.1) is 10.1 Å². The molecule has 0 fully saturated rings. The third-order valence-corrected chi connectivity index (χ3v) is 1.94. The van der Waals surface area contributed by atoms with E-state index in [4.69, 9.17) is 10.2 Å². The first-order chi connectivity index (χ1) is 9.32. The van der Waals surface area contributed by atoms with Crippen LogP contribution in [0.5, 0.6) is 0 Å². The van der Waals surface area contributed by atoms with E-state index in [1.54, 1.807) is 0 Å². The summed E-state index contributed by atoms with van der Waals surface area (Å²) in [6.45, 7) is -0.249. The fourth-order valence-electron chi connectivity index (χ4n) is 1.07. The third kappa shape index (κ3) is 9.44. The Bertz CT molecular complexity index is 370. The number of unbranched alkanes of at least 4 members (excludes halogenated alkanes) is 1. The van der Waals surface area contributed by atoms with Crippen LogP contribution in [-0.2, 0) is 19.2 Å². The van der Waals surface area contributed by atoms with Gasteiger partial charge in [-0.25, -0.2) is 9.59 Å². The van der Waals surface area contributed by atoms with Crippen LogP contribution in [0.1, 0.15) is 19.3 Å². The first-order valence-electron chi connectivity index (χ1n) is 5.48. The highest BCUT2D eigenvalue weighted by atomic mass is 16.9. The molecule has 20 heavy (non-hydrogen) atoms. The van der Waals surface area contributed by atoms with Crippen molar-refractivity contribution in [1.29, 1.82) is 0 Å². The molecule has 0 spiro atoms. The highest BCUT2D eigenvalue weighted by Gasteiger charge is 2.23. The van der Waals surface area contributed by atoms with Crippen molar-refractivity contribution in [2.75, 3.05) is 13.2 Å². The predicted octanol–water partition coefficient (Wildman–Crippen LogP) is -0.371. The van der Waals surface area contributed by atoms with E-state index < -0.39 is 35.6 Å². The molecule has 0 aliphatic carbocycles. The molecule has 1 amide bonds. The van der Waals surface area contributed by atoms with Crippen molar-refractivity contribution in [2.45, 2.75) is 25.3 Å². The molecule has 0 aliphatic heterocycles. The molecule has 1 atom stereocenters. The molecular formula is C9H14N2O9. The minimum atomic E-state index is -1.59. The van der Waals surface area contributed by atoms with Crippen molar-refractivity contribution in [1.82, 2.24) is 5.32 Å². The summed E-state index contributed by atoms with van der Waals surface area (Å²) in [5.41, 5.74) is 0. The van der Waals surface area contributed by atoms with Gasteiger partial charge >= 0.3 is 18.0 Å². The molecule has 0 bridgehead atoms. The SMILES string of the molecule is O=C(O)CC(NC(=O)OCCCCO[N+](=O)[O-])C(=O)O. The Hall–Kier alpha value is -2.59. The summed E-state index contributed by atoms with van der Waals surface area (Å²) >= 11 is 0. The van der Waals surface area contributed by atoms with Crippen molar-refractivity contribution < 1.29 is 39.3 Å². The summed E-state index contributed by atoms with van der Waals surface area (Å²) in [7, 11) is 0. The summed E-state index contributed by atoms with van der Waals surface area (Å²) in [5, 5.41) is 27.8. The van der Waals surface area contributed by atoms with Gasteiger partial charge in [-0.3, -0.25) is 4.79 Å². The molecule has 0 aliphatic rings. The van der Waals surface area contributed by atoms with Gasteiger partial charge in [-0.2, -0.15) is 0 Å². The first-order valence-corrected chi connectivity index (χ1v) is 5.48. The van der Waals surface area contributed by atoms with E-state index in [2.05, 4.69) is 9.57 Å². The normalized spacial score (nSPS) is 11.2. The highest BCUT2D eigenvalue weighted by molar-refractivity contribution is 5.84. The maximum absolute atomic E-state index is 11.2. The molecule has 114 valence electrons. The molecule has 3 N–H and O–H groups in total. The second-order valence-electron chi connectivity index (χ2n) is 3.53. The molecule has 0 rings (SSSR count). The van der Waals surface area contributed by atoms with Crippen LogP contribution in [0.3, 0.4) is 0 Å². The number of nitrogens with one attached hydrogen (secondary N) is 1. The van der Waals surface area contributed by atoms with E-state index in [0.29, 0.717) is 0 Å². The van der Waals surface area contributed by atoms with E-state index in [1.165, 1.54) is 0 Å². The van der Waals surface area contributed by atoms with Gasteiger partial charge in [0.1, 0.15) is 6.04 Å². The van der Waals surface area contributed by atoms with Crippen LogP contribution in [0.4, 0.5) is 4.79 Å². The number of ether oxygens (including phenoxy) is 1. The van der Waals surface area contributed by atoms with Crippen LogP contribution >= 0.6 is 0 Å². The van der Waals surface area contributed by atoms with Crippen LogP contribution in [0.2, 0.25) is 0 Å². The molecule has 0 radical (unpaired) electrons. The van der Waals surface area contributed by atoms with Crippen molar-refractivity contribution in [3.8, 4) is 0 Å². The van der Waals surface area contributed by atoms with E-state index in [-0.39, 0.29) is 26.1 Å². The minimum absolute atomic E-state index is 0.105. The number of aliphatic carboxylic acids is 2. The highest BCUT2D eigenvalue weighted by Crippen LogP contribution is 1.96. The summed E-state index contributed by atoms with van der Waals surface area (Å²) in [5.74, 6) is -2.88. The molecule has 11 heteroatoms. The van der Waals surface area contributed by atoms with Crippen molar-refractivity contribution in [3.63, 3.8) is 0 Å². The maximum Gasteiger partial charge on any atom is 0.407 e. The molecule has 0 heterocycles.